The summed E-state index contributed by atoms with van der Waals surface area (Å²) in [6.07, 6.45) is 1.29. The van der Waals surface area contributed by atoms with E-state index in [9.17, 15) is 22.8 Å². The average molecular weight is 302 g/mol. The zero-order valence-corrected chi connectivity index (χ0v) is 11.0. The summed E-state index contributed by atoms with van der Waals surface area (Å²) >= 11 is 0. The highest BCUT2D eigenvalue weighted by Gasteiger charge is 2.48. The number of nitrogens with one attached hydrogen (secondary N) is 2. The molecule has 5 nitrogen and oxygen atoms in total. The van der Waals surface area contributed by atoms with Gasteiger partial charge in [-0.3, -0.25) is 0 Å². The number of anilines is 1. The van der Waals surface area contributed by atoms with Crippen LogP contribution in [-0.2, 0) is 4.79 Å². The van der Waals surface area contributed by atoms with Gasteiger partial charge in [-0.05, 0) is 25.7 Å². The number of benzene rings is 1. The molecule has 8 heteroatoms. The van der Waals surface area contributed by atoms with Crippen LogP contribution in [0.4, 0.5) is 23.7 Å². The number of hydrogen-bond donors (Lipinski definition) is 3. The lowest BCUT2D eigenvalue weighted by atomic mass is 9.96. The topological polar surface area (TPSA) is 78.4 Å². The Kier molecular flexibility index (Phi) is 3.80. The van der Waals surface area contributed by atoms with Crippen LogP contribution in [0.5, 0.6) is 0 Å². The summed E-state index contributed by atoms with van der Waals surface area (Å²) in [5.41, 5.74) is -2.21. The monoisotopic (exact) mass is 302 g/mol. The molecule has 1 saturated carbocycles. The fraction of sp³-hybridized carbons (Fsp3) is 0.385. The minimum atomic E-state index is -1.51. The molecule has 1 aromatic rings. The van der Waals surface area contributed by atoms with Gasteiger partial charge in [0.2, 0.25) is 0 Å². The van der Waals surface area contributed by atoms with Gasteiger partial charge < -0.3 is 15.7 Å². The normalized spacial score (nSPS) is 17.0. The lowest BCUT2D eigenvalue weighted by Gasteiger charge is -2.26. The standard InChI is InChI=1S/C13H13F3N2O3/c1-13(11(19)20,6-2-3-6)18-12(21)17-9-5-7(14)4-8(15)10(9)16/h4-6H,2-3H2,1H3,(H,19,20)(H2,17,18,21). The van der Waals surface area contributed by atoms with Crippen molar-refractivity contribution in [2.75, 3.05) is 5.32 Å². The number of carboxylic acid groups (broad SMARTS) is 1. The fourth-order valence-corrected chi connectivity index (χ4v) is 2.03. The molecule has 0 radical (unpaired) electrons. The van der Waals surface area contributed by atoms with Crippen LogP contribution in [0.3, 0.4) is 0 Å². The predicted molar refractivity (Wildman–Crippen MR) is 67.2 cm³/mol. The van der Waals surface area contributed by atoms with E-state index in [1.165, 1.54) is 6.92 Å². The fourth-order valence-electron chi connectivity index (χ4n) is 2.03. The first kappa shape index (κ1) is 15.1. The van der Waals surface area contributed by atoms with Crippen molar-refractivity contribution < 1.29 is 27.9 Å². The molecule has 0 bridgehead atoms. The smallest absolute Gasteiger partial charge is 0.329 e. The highest BCUT2D eigenvalue weighted by molar-refractivity contribution is 5.94. The van der Waals surface area contributed by atoms with Crippen LogP contribution >= 0.6 is 0 Å². The van der Waals surface area contributed by atoms with Gasteiger partial charge in [-0.1, -0.05) is 0 Å². The van der Waals surface area contributed by atoms with Crippen molar-refractivity contribution in [1.82, 2.24) is 5.32 Å². The predicted octanol–water partition coefficient (Wildman–Crippen LogP) is 2.48. The van der Waals surface area contributed by atoms with E-state index in [1.807, 2.05) is 5.32 Å². The first-order chi connectivity index (χ1) is 9.74. The van der Waals surface area contributed by atoms with Crippen molar-refractivity contribution >= 4 is 17.7 Å². The molecule has 0 aliphatic heterocycles. The lowest BCUT2D eigenvalue weighted by Crippen LogP contribution is -2.55. The summed E-state index contributed by atoms with van der Waals surface area (Å²) in [6, 6.07) is -0.104. The zero-order valence-electron chi connectivity index (χ0n) is 11.0. The Morgan fingerprint density at radius 1 is 1.29 bits per heavy atom. The van der Waals surface area contributed by atoms with Crippen molar-refractivity contribution in [1.29, 1.82) is 0 Å². The van der Waals surface area contributed by atoms with Gasteiger partial charge in [0.15, 0.2) is 11.6 Å². The van der Waals surface area contributed by atoms with Crippen molar-refractivity contribution in [3.8, 4) is 0 Å². The molecule has 1 aliphatic carbocycles. The molecule has 114 valence electrons. The number of carbonyl (C=O) groups excluding carboxylic acids is 1. The lowest BCUT2D eigenvalue weighted by molar-refractivity contribution is -0.144. The van der Waals surface area contributed by atoms with Gasteiger partial charge in [0.1, 0.15) is 11.4 Å². The minimum Gasteiger partial charge on any atom is -0.480 e. The summed E-state index contributed by atoms with van der Waals surface area (Å²) in [5.74, 6) is -5.39. The largest absolute Gasteiger partial charge is 0.480 e. The molecule has 0 aromatic heterocycles. The third-order valence-electron chi connectivity index (χ3n) is 3.45. The van der Waals surface area contributed by atoms with Gasteiger partial charge in [-0.15, -0.1) is 0 Å². The average Bonchev–Trinajstić information content (AvgIpc) is 3.19. The van der Waals surface area contributed by atoms with Crippen molar-refractivity contribution in [2.45, 2.75) is 25.3 Å². The van der Waals surface area contributed by atoms with E-state index in [1.54, 1.807) is 0 Å². The van der Waals surface area contributed by atoms with Gasteiger partial charge in [-0.25, -0.2) is 22.8 Å². The molecule has 2 rings (SSSR count). The summed E-state index contributed by atoms with van der Waals surface area (Å²) in [7, 11) is 0. The van der Waals surface area contributed by atoms with Crippen molar-refractivity contribution in [3.63, 3.8) is 0 Å². The maximum absolute atomic E-state index is 13.4. The molecule has 1 unspecified atom stereocenters. The molecule has 1 fully saturated rings. The van der Waals surface area contributed by atoms with Gasteiger partial charge in [0.05, 0.1) is 5.69 Å². The molecule has 0 heterocycles. The number of aliphatic carboxylic acids is 1. The number of carboxylic acids is 1. The molecule has 21 heavy (non-hydrogen) atoms. The quantitative estimate of drug-likeness (QED) is 0.748. The maximum atomic E-state index is 13.4. The molecule has 0 saturated heterocycles. The van der Waals surface area contributed by atoms with Crippen molar-refractivity contribution in [3.05, 3.63) is 29.6 Å². The number of hydrogen-bond acceptors (Lipinski definition) is 2. The van der Waals surface area contributed by atoms with Crippen LogP contribution in [0.1, 0.15) is 19.8 Å². The van der Waals surface area contributed by atoms with E-state index in [-0.39, 0.29) is 5.92 Å². The Bertz CT molecular complexity index is 605. The Morgan fingerprint density at radius 3 is 2.43 bits per heavy atom. The Balaban J connectivity index is 2.13. The molecule has 2 amide bonds. The second-order valence-electron chi connectivity index (χ2n) is 5.11. The van der Waals surface area contributed by atoms with Crippen molar-refractivity contribution in [2.24, 2.45) is 5.92 Å². The van der Waals surface area contributed by atoms with Crippen LogP contribution in [0.15, 0.2) is 12.1 Å². The highest BCUT2D eigenvalue weighted by atomic mass is 19.2. The molecular formula is C13H13F3N2O3. The third-order valence-corrected chi connectivity index (χ3v) is 3.45. The SMILES string of the molecule is CC(NC(=O)Nc1cc(F)cc(F)c1F)(C(=O)O)C1CC1. The van der Waals surface area contributed by atoms with Gasteiger partial charge in [0, 0.05) is 12.1 Å². The minimum absolute atomic E-state index is 0.227. The maximum Gasteiger partial charge on any atom is 0.329 e. The summed E-state index contributed by atoms with van der Waals surface area (Å²) in [6.45, 7) is 1.33. The number of urea groups is 1. The Hall–Kier alpha value is -2.25. The second kappa shape index (κ2) is 5.27. The number of carbonyl (C=O) groups is 2. The van der Waals surface area contributed by atoms with Gasteiger partial charge >= 0.3 is 12.0 Å². The summed E-state index contributed by atoms with van der Waals surface area (Å²) in [5, 5.41) is 13.3. The van der Waals surface area contributed by atoms with Crippen LogP contribution in [0.25, 0.3) is 0 Å². The van der Waals surface area contributed by atoms with Crippen LogP contribution in [0, 0.1) is 23.4 Å². The van der Waals surface area contributed by atoms with E-state index in [0.29, 0.717) is 25.0 Å². The number of halogens is 3. The highest BCUT2D eigenvalue weighted by Crippen LogP contribution is 2.39. The summed E-state index contributed by atoms with van der Waals surface area (Å²) < 4.78 is 39.4. The van der Waals surface area contributed by atoms with Crippen LogP contribution < -0.4 is 10.6 Å². The van der Waals surface area contributed by atoms with E-state index in [0.717, 1.165) is 0 Å². The molecule has 1 aliphatic rings. The molecule has 1 aromatic carbocycles. The van der Waals surface area contributed by atoms with E-state index >= 15 is 0 Å². The zero-order chi connectivity index (χ0) is 15.8. The van der Waals surface area contributed by atoms with E-state index in [4.69, 9.17) is 5.11 Å². The Morgan fingerprint density at radius 2 is 1.90 bits per heavy atom. The molecule has 3 N–H and O–H groups in total. The van der Waals surface area contributed by atoms with Gasteiger partial charge in [0.25, 0.3) is 0 Å². The number of amides is 2. The van der Waals surface area contributed by atoms with Crippen LogP contribution in [-0.4, -0.2) is 22.6 Å². The third kappa shape index (κ3) is 3.09. The van der Waals surface area contributed by atoms with E-state index in [2.05, 4.69) is 5.32 Å². The van der Waals surface area contributed by atoms with Gasteiger partial charge in [-0.2, -0.15) is 0 Å². The molecule has 1 atom stereocenters. The first-order valence-corrected chi connectivity index (χ1v) is 6.21. The number of rotatable bonds is 4. The molecule has 0 spiro atoms. The summed E-state index contributed by atoms with van der Waals surface area (Å²) in [4.78, 5) is 23.0. The second-order valence-corrected chi connectivity index (χ2v) is 5.11. The van der Waals surface area contributed by atoms with Crippen LogP contribution in [0.2, 0.25) is 0 Å². The first-order valence-electron chi connectivity index (χ1n) is 6.21. The van der Waals surface area contributed by atoms with E-state index < -0.39 is 40.7 Å². The Labute approximate surface area is 118 Å². The molecular weight excluding hydrogens is 289 g/mol.